The maximum absolute atomic E-state index is 12.0. The van der Waals surface area contributed by atoms with Crippen LogP contribution in [0, 0.1) is 0 Å². The normalized spacial score (nSPS) is 29.1. The molecule has 2 aliphatic heterocycles. The number of carbonyl (C=O) groups is 1. The van der Waals surface area contributed by atoms with Gasteiger partial charge in [0, 0.05) is 31.1 Å². The second-order valence-corrected chi connectivity index (χ2v) is 7.38. The Balaban J connectivity index is 1.53. The molecular weight excluding hydrogens is 314 g/mol. The predicted molar refractivity (Wildman–Crippen MR) is 88.8 cm³/mol. The van der Waals surface area contributed by atoms with E-state index >= 15 is 0 Å². The summed E-state index contributed by atoms with van der Waals surface area (Å²) in [5.41, 5.74) is 1.92. The number of rotatable bonds is 4. The topological polar surface area (TPSA) is 63.7 Å². The summed E-state index contributed by atoms with van der Waals surface area (Å²) in [5.74, 6) is -0.128. The van der Waals surface area contributed by atoms with Gasteiger partial charge >= 0.3 is 0 Å². The van der Waals surface area contributed by atoms with Crippen LogP contribution in [0.25, 0.3) is 0 Å². The maximum atomic E-state index is 12.0. The smallest absolute Gasteiger partial charge is 0.270 e. The van der Waals surface area contributed by atoms with Crippen LogP contribution in [0.5, 0.6) is 0 Å². The van der Waals surface area contributed by atoms with Crippen molar-refractivity contribution >= 4 is 17.2 Å². The van der Waals surface area contributed by atoms with E-state index < -0.39 is 0 Å². The molecule has 23 heavy (non-hydrogen) atoms. The van der Waals surface area contributed by atoms with Crippen LogP contribution in [0.1, 0.15) is 37.2 Å². The summed E-state index contributed by atoms with van der Waals surface area (Å²) in [7, 11) is 0. The molecule has 1 spiro atoms. The molecule has 0 radical (unpaired) electrons. The summed E-state index contributed by atoms with van der Waals surface area (Å²) in [5, 5.41) is 4.68. The number of aromatic nitrogens is 1. The molecule has 1 N–H and O–H groups in total. The molecule has 1 amide bonds. The lowest BCUT2D eigenvalue weighted by Crippen LogP contribution is -2.47. The molecule has 2 fully saturated rings. The summed E-state index contributed by atoms with van der Waals surface area (Å²) < 4.78 is 12.1. The van der Waals surface area contributed by atoms with E-state index in [1.54, 1.807) is 10.9 Å². The maximum Gasteiger partial charge on any atom is 0.270 e. The Morgan fingerprint density at radius 3 is 3.22 bits per heavy atom. The van der Waals surface area contributed by atoms with E-state index in [2.05, 4.69) is 29.0 Å². The second kappa shape index (κ2) is 7.25. The van der Waals surface area contributed by atoms with E-state index in [0.717, 1.165) is 32.5 Å². The lowest BCUT2D eigenvalue weighted by Gasteiger charge is -2.34. The third-order valence-electron chi connectivity index (χ3n) is 4.60. The first kappa shape index (κ1) is 16.8. The monoisotopic (exact) mass is 339 g/mol. The summed E-state index contributed by atoms with van der Waals surface area (Å²) in [6.07, 6.45) is 1.98. The molecule has 3 heterocycles. The summed E-state index contributed by atoms with van der Waals surface area (Å²) in [6.45, 7) is 8.20. The van der Waals surface area contributed by atoms with Gasteiger partial charge in [-0.25, -0.2) is 4.98 Å². The van der Waals surface area contributed by atoms with Crippen LogP contribution in [0.3, 0.4) is 0 Å². The van der Waals surface area contributed by atoms with Crippen LogP contribution in [-0.4, -0.2) is 66.4 Å². The lowest BCUT2D eigenvalue weighted by molar-refractivity contribution is -0.0861. The van der Waals surface area contributed by atoms with E-state index in [1.165, 1.54) is 11.3 Å². The molecule has 0 aromatic carbocycles. The molecule has 1 aromatic rings. The number of hydrogen-bond donors (Lipinski definition) is 1. The minimum Gasteiger partial charge on any atom is -0.377 e. The molecule has 2 aliphatic rings. The van der Waals surface area contributed by atoms with E-state index in [1.807, 2.05) is 0 Å². The van der Waals surface area contributed by atoms with Crippen LogP contribution < -0.4 is 5.32 Å². The van der Waals surface area contributed by atoms with Crippen molar-refractivity contribution in [2.45, 2.75) is 44.4 Å². The molecular formula is C16H25N3O3S. The van der Waals surface area contributed by atoms with Crippen LogP contribution in [0.15, 0.2) is 10.9 Å². The van der Waals surface area contributed by atoms with Gasteiger partial charge in [0.15, 0.2) is 0 Å². The molecule has 6 nitrogen and oxygen atoms in total. The molecule has 0 unspecified atom stereocenters. The van der Waals surface area contributed by atoms with Gasteiger partial charge < -0.3 is 14.8 Å². The fourth-order valence-electron chi connectivity index (χ4n) is 3.26. The summed E-state index contributed by atoms with van der Waals surface area (Å²) >= 11 is 1.42. The van der Waals surface area contributed by atoms with Crippen molar-refractivity contribution in [3.63, 3.8) is 0 Å². The van der Waals surface area contributed by atoms with Gasteiger partial charge in [0.1, 0.15) is 11.3 Å². The third kappa shape index (κ3) is 4.09. The van der Waals surface area contributed by atoms with Crippen LogP contribution in [-0.2, 0) is 9.47 Å². The fourth-order valence-corrected chi connectivity index (χ4v) is 3.79. The molecule has 2 saturated heterocycles. The van der Waals surface area contributed by atoms with E-state index in [9.17, 15) is 4.79 Å². The van der Waals surface area contributed by atoms with Gasteiger partial charge in [0.2, 0.25) is 0 Å². The van der Waals surface area contributed by atoms with Crippen molar-refractivity contribution in [3.05, 3.63) is 16.6 Å². The highest BCUT2D eigenvalue weighted by atomic mass is 32.1. The Labute approximate surface area is 141 Å². The second-order valence-electron chi connectivity index (χ2n) is 6.66. The Bertz CT molecular complexity index is 523. The van der Waals surface area contributed by atoms with Gasteiger partial charge in [0.25, 0.3) is 5.91 Å². The van der Waals surface area contributed by atoms with Crippen molar-refractivity contribution in [2.75, 3.05) is 32.8 Å². The van der Waals surface area contributed by atoms with Crippen molar-refractivity contribution in [1.29, 1.82) is 0 Å². The van der Waals surface area contributed by atoms with Gasteiger partial charge in [-0.15, -0.1) is 11.3 Å². The highest BCUT2D eigenvalue weighted by Gasteiger charge is 2.43. The molecule has 128 valence electrons. The number of nitrogens with one attached hydrogen (secondary N) is 1. The fraction of sp³-hybridized carbons (Fsp3) is 0.750. The van der Waals surface area contributed by atoms with E-state index in [-0.39, 0.29) is 17.6 Å². The molecule has 0 bridgehead atoms. The predicted octanol–water partition coefficient (Wildman–Crippen LogP) is 1.53. The van der Waals surface area contributed by atoms with Gasteiger partial charge in [-0.1, -0.05) is 0 Å². The molecule has 1 aromatic heterocycles. The average molecular weight is 339 g/mol. The number of amides is 1. The number of carbonyl (C=O) groups excluding carboxylic acids is 1. The first-order chi connectivity index (χ1) is 11.1. The zero-order valence-electron chi connectivity index (χ0n) is 13.8. The third-order valence-corrected chi connectivity index (χ3v) is 5.19. The Kier molecular flexibility index (Phi) is 5.31. The van der Waals surface area contributed by atoms with E-state index in [4.69, 9.17) is 9.47 Å². The molecule has 0 saturated carbocycles. The largest absolute Gasteiger partial charge is 0.377 e. The molecule has 3 rings (SSSR count). The van der Waals surface area contributed by atoms with Crippen molar-refractivity contribution < 1.29 is 14.3 Å². The summed E-state index contributed by atoms with van der Waals surface area (Å²) in [4.78, 5) is 18.4. The van der Waals surface area contributed by atoms with Crippen molar-refractivity contribution in [1.82, 2.24) is 15.2 Å². The van der Waals surface area contributed by atoms with Gasteiger partial charge in [-0.2, -0.15) is 0 Å². The molecule has 2 atom stereocenters. The Hall–Kier alpha value is -1.02. The first-order valence-corrected chi connectivity index (χ1v) is 9.18. The van der Waals surface area contributed by atoms with Crippen molar-refractivity contribution in [3.8, 4) is 0 Å². The van der Waals surface area contributed by atoms with E-state index in [0.29, 0.717) is 24.9 Å². The molecule has 0 aliphatic carbocycles. The summed E-state index contributed by atoms with van der Waals surface area (Å²) in [6, 6.07) is 0.487. The van der Waals surface area contributed by atoms with Gasteiger partial charge in [-0.05, 0) is 26.7 Å². The Morgan fingerprint density at radius 2 is 2.48 bits per heavy atom. The zero-order chi connectivity index (χ0) is 16.3. The van der Waals surface area contributed by atoms with Gasteiger partial charge in [-0.3, -0.25) is 9.69 Å². The Morgan fingerprint density at radius 1 is 1.61 bits per heavy atom. The number of thiazole rings is 1. The quantitative estimate of drug-likeness (QED) is 0.901. The molecule has 7 heteroatoms. The van der Waals surface area contributed by atoms with Crippen LogP contribution in [0.2, 0.25) is 0 Å². The number of hydrogen-bond acceptors (Lipinski definition) is 6. The highest BCUT2D eigenvalue weighted by molar-refractivity contribution is 7.07. The number of nitrogens with zero attached hydrogens (tertiary/aromatic N) is 2. The number of ether oxygens (including phenoxy) is 2. The zero-order valence-corrected chi connectivity index (χ0v) is 14.6. The first-order valence-electron chi connectivity index (χ1n) is 8.24. The minimum absolute atomic E-state index is 0.0493. The van der Waals surface area contributed by atoms with Crippen LogP contribution >= 0.6 is 11.3 Å². The minimum atomic E-state index is -0.225. The lowest BCUT2D eigenvalue weighted by atomic mass is 9.99. The SMILES string of the molecule is CC(C)N1CCOC[C@]2(CC[C@@H](CNC(=O)c3cscn3)O2)C1. The van der Waals surface area contributed by atoms with Crippen LogP contribution in [0.4, 0.5) is 0 Å². The van der Waals surface area contributed by atoms with Crippen molar-refractivity contribution in [2.24, 2.45) is 0 Å². The highest BCUT2D eigenvalue weighted by Crippen LogP contribution is 2.33. The average Bonchev–Trinajstić information content (AvgIpc) is 3.13. The van der Waals surface area contributed by atoms with Gasteiger partial charge in [0.05, 0.1) is 24.8 Å². The standard InChI is InChI=1S/C16H25N3O3S/c1-12(2)19-5-6-21-10-16(9-19)4-3-13(22-16)7-17-15(20)14-8-23-11-18-14/h8,11-13H,3-7,9-10H2,1-2H3,(H,17,20)/t13-,16-/m0/s1.